The van der Waals surface area contributed by atoms with Crippen molar-refractivity contribution >= 4 is 29.8 Å². The van der Waals surface area contributed by atoms with Crippen LogP contribution in [0.1, 0.15) is 5.76 Å². The summed E-state index contributed by atoms with van der Waals surface area (Å²) < 4.78 is 5.87. The standard InChI is InChI=1S/C16H18O2Si/c1-19(2,3)10-13-9-12-8-11-6-4-5-7-14(11)15(17)16(12)18-13/h4-9,17H,10H2,1-3H3. The van der Waals surface area contributed by atoms with Gasteiger partial charge in [0.1, 0.15) is 5.76 Å². The quantitative estimate of drug-likeness (QED) is 0.684. The van der Waals surface area contributed by atoms with Gasteiger partial charge in [0.05, 0.1) is 8.07 Å². The van der Waals surface area contributed by atoms with E-state index >= 15 is 0 Å². The SMILES string of the molecule is C[Si](C)(C)Cc1cc2cc3ccccc3c(O)c2o1. The lowest BCUT2D eigenvalue weighted by molar-refractivity contribution is 0.466. The molecule has 0 spiro atoms. The number of phenols is 1. The highest BCUT2D eigenvalue weighted by Crippen LogP contribution is 2.36. The van der Waals surface area contributed by atoms with Gasteiger partial charge in [0, 0.05) is 16.8 Å². The highest BCUT2D eigenvalue weighted by Gasteiger charge is 2.18. The van der Waals surface area contributed by atoms with Crippen molar-refractivity contribution in [2.24, 2.45) is 0 Å². The molecule has 0 amide bonds. The highest BCUT2D eigenvalue weighted by molar-refractivity contribution is 6.75. The highest BCUT2D eigenvalue weighted by atomic mass is 28.3. The van der Waals surface area contributed by atoms with Crippen LogP contribution in [0.2, 0.25) is 19.6 Å². The summed E-state index contributed by atoms with van der Waals surface area (Å²) in [5, 5.41) is 13.2. The van der Waals surface area contributed by atoms with Crippen LogP contribution in [0.5, 0.6) is 5.75 Å². The summed E-state index contributed by atoms with van der Waals surface area (Å²) in [5.41, 5.74) is 0.618. The molecule has 0 aliphatic rings. The fraction of sp³-hybridized carbons (Fsp3) is 0.250. The Morgan fingerprint density at radius 2 is 1.79 bits per heavy atom. The first kappa shape index (κ1) is 12.3. The number of phenolic OH excluding ortho intramolecular Hbond substituents is 1. The first-order valence-electron chi connectivity index (χ1n) is 6.57. The van der Waals surface area contributed by atoms with Gasteiger partial charge in [0.15, 0.2) is 11.3 Å². The Hall–Kier alpha value is -1.74. The van der Waals surface area contributed by atoms with Gasteiger partial charge in [-0.2, -0.15) is 0 Å². The van der Waals surface area contributed by atoms with E-state index in [2.05, 4.69) is 31.8 Å². The number of fused-ring (bicyclic) bond motifs is 2. The summed E-state index contributed by atoms with van der Waals surface area (Å²) in [6.45, 7) is 6.95. The number of hydrogen-bond acceptors (Lipinski definition) is 2. The van der Waals surface area contributed by atoms with Crippen molar-refractivity contribution in [3.8, 4) is 5.75 Å². The topological polar surface area (TPSA) is 33.4 Å². The van der Waals surface area contributed by atoms with Crippen LogP contribution in [-0.4, -0.2) is 13.2 Å². The minimum Gasteiger partial charge on any atom is -0.504 e. The lowest BCUT2D eigenvalue weighted by Crippen LogP contribution is -2.23. The van der Waals surface area contributed by atoms with E-state index in [1.54, 1.807) is 0 Å². The van der Waals surface area contributed by atoms with Crippen molar-refractivity contribution in [1.29, 1.82) is 0 Å². The third kappa shape index (κ3) is 2.26. The molecule has 3 aromatic rings. The van der Waals surface area contributed by atoms with E-state index < -0.39 is 8.07 Å². The Morgan fingerprint density at radius 1 is 1.05 bits per heavy atom. The molecule has 0 saturated carbocycles. The number of rotatable bonds is 2. The Morgan fingerprint density at radius 3 is 2.53 bits per heavy atom. The van der Waals surface area contributed by atoms with Crippen molar-refractivity contribution in [3.63, 3.8) is 0 Å². The molecule has 19 heavy (non-hydrogen) atoms. The largest absolute Gasteiger partial charge is 0.504 e. The summed E-state index contributed by atoms with van der Waals surface area (Å²) in [6.07, 6.45) is 0. The number of aromatic hydroxyl groups is 1. The number of furan rings is 1. The maximum atomic E-state index is 10.3. The predicted octanol–water partition coefficient (Wildman–Crippen LogP) is 4.71. The maximum absolute atomic E-state index is 10.3. The van der Waals surface area contributed by atoms with E-state index in [-0.39, 0.29) is 5.75 Å². The van der Waals surface area contributed by atoms with Crippen molar-refractivity contribution in [2.75, 3.05) is 0 Å². The average Bonchev–Trinajstić information content (AvgIpc) is 2.69. The van der Waals surface area contributed by atoms with Crippen LogP contribution in [0.15, 0.2) is 40.8 Å². The summed E-state index contributed by atoms with van der Waals surface area (Å²) in [4.78, 5) is 0. The molecule has 0 bridgehead atoms. The Labute approximate surface area is 113 Å². The molecule has 0 saturated heterocycles. The van der Waals surface area contributed by atoms with E-state index in [1.165, 1.54) is 0 Å². The van der Waals surface area contributed by atoms with Gasteiger partial charge in [-0.25, -0.2) is 0 Å². The lowest BCUT2D eigenvalue weighted by atomic mass is 10.1. The summed E-state index contributed by atoms with van der Waals surface area (Å²) >= 11 is 0. The van der Waals surface area contributed by atoms with E-state index in [4.69, 9.17) is 4.42 Å². The van der Waals surface area contributed by atoms with Gasteiger partial charge >= 0.3 is 0 Å². The monoisotopic (exact) mass is 270 g/mol. The number of hydrogen-bond donors (Lipinski definition) is 1. The fourth-order valence-electron chi connectivity index (χ4n) is 2.49. The molecular weight excluding hydrogens is 252 g/mol. The normalized spacial score (nSPS) is 12.4. The van der Waals surface area contributed by atoms with E-state index in [0.29, 0.717) is 5.58 Å². The zero-order valence-corrected chi connectivity index (χ0v) is 12.5. The van der Waals surface area contributed by atoms with Crippen LogP contribution in [-0.2, 0) is 6.04 Å². The van der Waals surface area contributed by atoms with Crippen molar-refractivity contribution in [3.05, 3.63) is 42.2 Å². The minimum atomic E-state index is -1.21. The van der Waals surface area contributed by atoms with E-state index in [1.807, 2.05) is 24.3 Å². The summed E-state index contributed by atoms with van der Waals surface area (Å²) in [5.74, 6) is 1.25. The van der Waals surface area contributed by atoms with Gasteiger partial charge < -0.3 is 9.52 Å². The minimum absolute atomic E-state index is 0.259. The molecule has 0 aliphatic carbocycles. The molecule has 1 heterocycles. The molecule has 0 atom stereocenters. The second kappa shape index (κ2) is 4.13. The second-order valence-corrected chi connectivity index (χ2v) is 11.8. The first-order valence-corrected chi connectivity index (χ1v) is 10.3. The van der Waals surface area contributed by atoms with E-state index in [0.717, 1.165) is 28.0 Å². The van der Waals surface area contributed by atoms with Crippen LogP contribution in [0.25, 0.3) is 21.7 Å². The molecule has 3 heteroatoms. The molecule has 3 rings (SSSR count). The Bertz CT molecular complexity index is 750. The molecule has 1 aromatic heterocycles. The third-order valence-electron chi connectivity index (χ3n) is 3.26. The van der Waals surface area contributed by atoms with Crippen molar-refractivity contribution in [1.82, 2.24) is 0 Å². The molecule has 2 nitrogen and oxygen atoms in total. The van der Waals surface area contributed by atoms with Crippen LogP contribution in [0, 0.1) is 0 Å². The zero-order chi connectivity index (χ0) is 13.6. The van der Waals surface area contributed by atoms with Gasteiger partial charge in [-0.1, -0.05) is 43.9 Å². The molecule has 0 aliphatic heterocycles. The smallest absolute Gasteiger partial charge is 0.176 e. The van der Waals surface area contributed by atoms with Crippen LogP contribution in [0.3, 0.4) is 0 Å². The van der Waals surface area contributed by atoms with Crippen LogP contribution < -0.4 is 0 Å². The third-order valence-corrected chi connectivity index (χ3v) is 4.67. The van der Waals surface area contributed by atoms with Crippen LogP contribution in [0.4, 0.5) is 0 Å². The van der Waals surface area contributed by atoms with Crippen LogP contribution >= 0.6 is 0 Å². The van der Waals surface area contributed by atoms with Gasteiger partial charge in [0.25, 0.3) is 0 Å². The molecule has 0 radical (unpaired) electrons. The summed E-state index contributed by atoms with van der Waals surface area (Å²) in [6, 6.07) is 13.0. The van der Waals surface area contributed by atoms with Gasteiger partial charge in [-0.05, 0) is 17.5 Å². The van der Waals surface area contributed by atoms with Crippen molar-refractivity contribution < 1.29 is 9.52 Å². The summed E-state index contributed by atoms with van der Waals surface area (Å²) in [7, 11) is -1.21. The van der Waals surface area contributed by atoms with Gasteiger partial charge in [-0.3, -0.25) is 0 Å². The van der Waals surface area contributed by atoms with Gasteiger partial charge in [0.2, 0.25) is 0 Å². The first-order chi connectivity index (χ1) is 8.94. The fourth-order valence-corrected chi connectivity index (χ4v) is 3.71. The average molecular weight is 270 g/mol. The molecular formula is C16H18O2Si. The Kier molecular flexibility index (Phi) is 2.68. The molecule has 98 valence electrons. The molecule has 2 aromatic carbocycles. The molecule has 0 unspecified atom stereocenters. The Balaban J connectivity index is 2.22. The predicted molar refractivity (Wildman–Crippen MR) is 82.4 cm³/mol. The lowest BCUT2D eigenvalue weighted by Gasteiger charge is -2.12. The zero-order valence-electron chi connectivity index (χ0n) is 11.5. The van der Waals surface area contributed by atoms with Gasteiger partial charge in [-0.15, -0.1) is 0 Å². The maximum Gasteiger partial charge on any atom is 0.176 e. The molecule has 1 N–H and O–H groups in total. The van der Waals surface area contributed by atoms with E-state index in [9.17, 15) is 5.11 Å². The number of benzene rings is 2. The van der Waals surface area contributed by atoms with Crippen molar-refractivity contribution in [2.45, 2.75) is 25.7 Å². The second-order valence-electron chi connectivity index (χ2n) is 6.31. The molecule has 0 fully saturated rings.